The molecule has 0 aliphatic carbocycles. The zero-order valence-electron chi connectivity index (χ0n) is 8.86. The molecule has 0 unspecified atom stereocenters. The van der Waals surface area contributed by atoms with Crippen molar-refractivity contribution in [3.05, 3.63) is 23.8 Å². The minimum absolute atomic E-state index is 0.185. The summed E-state index contributed by atoms with van der Waals surface area (Å²) >= 11 is 1.48. The predicted octanol–water partition coefficient (Wildman–Crippen LogP) is 1.71. The van der Waals surface area contributed by atoms with Gasteiger partial charge >= 0.3 is 0 Å². The summed E-state index contributed by atoms with van der Waals surface area (Å²) in [7, 11) is -2.88. The highest BCUT2D eigenvalue weighted by molar-refractivity contribution is 8.00. The predicted molar refractivity (Wildman–Crippen MR) is 66.0 cm³/mol. The number of nitrogen functional groups attached to an aromatic ring is 1. The molecule has 0 bridgehead atoms. The number of hydrogen-bond donors (Lipinski definition) is 1. The number of anilines is 1. The molecule has 0 radical (unpaired) electrons. The Bertz CT molecular complexity index is 441. The van der Waals surface area contributed by atoms with Gasteiger partial charge in [0.2, 0.25) is 0 Å². The van der Waals surface area contributed by atoms with E-state index in [-0.39, 0.29) is 5.75 Å². The van der Waals surface area contributed by atoms with Crippen LogP contribution in [-0.4, -0.2) is 26.2 Å². The molecule has 0 aliphatic heterocycles. The lowest BCUT2D eigenvalue weighted by Gasteiger charge is -2.05. The molecule has 15 heavy (non-hydrogen) atoms. The van der Waals surface area contributed by atoms with Crippen LogP contribution in [0.3, 0.4) is 0 Å². The van der Waals surface area contributed by atoms with Crippen molar-refractivity contribution in [1.29, 1.82) is 0 Å². The van der Waals surface area contributed by atoms with Crippen LogP contribution in [0.15, 0.2) is 23.1 Å². The third-order valence-corrected chi connectivity index (χ3v) is 4.17. The molecule has 0 saturated carbocycles. The molecule has 5 heteroatoms. The summed E-state index contributed by atoms with van der Waals surface area (Å²) in [5, 5.41) is 0. The molecule has 3 nitrogen and oxygen atoms in total. The first-order chi connectivity index (χ1) is 6.88. The monoisotopic (exact) mass is 245 g/mol. The van der Waals surface area contributed by atoms with Gasteiger partial charge in [-0.05, 0) is 24.6 Å². The van der Waals surface area contributed by atoms with Gasteiger partial charge in [-0.25, -0.2) is 8.42 Å². The van der Waals surface area contributed by atoms with E-state index in [1.807, 2.05) is 25.1 Å². The molecule has 0 aliphatic rings. The number of aryl methyl sites for hydroxylation is 1. The first-order valence-corrected chi connectivity index (χ1v) is 7.60. The van der Waals surface area contributed by atoms with E-state index in [0.717, 1.165) is 10.5 Å². The van der Waals surface area contributed by atoms with Gasteiger partial charge in [-0.15, -0.1) is 11.8 Å². The zero-order valence-corrected chi connectivity index (χ0v) is 10.5. The van der Waals surface area contributed by atoms with E-state index in [0.29, 0.717) is 11.4 Å². The highest BCUT2D eigenvalue weighted by Crippen LogP contribution is 2.25. The molecular weight excluding hydrogens is 230 g/mol. The Balaban J connectivity index is 2.59. The van der Waals surface area contributed by atoms with Crippen LogP contribution >= 0.6 is 11.8 Å². The third kappa shape index (κ3) is 4.57. The molecule has 0 atom stereocenters. The van der Waals surface area contributed by atoms with Crippen LogP contribution in [0.1, 0.15) is 5.56 Å². The number of benzene rings is 1. The Kier molecular flexibility index (Phi) is 4.04. The molecule has 1 aromatic carbocycles. The van der Waals surface area contributed by atoms with Crippen LogP contribution in [0, 0.1) is 6.92 Å². The highest BCUT2D eigenvalue weighted by Gasteiger charge is 2.04. The van der Waals surface area contributed by atoms with Gasteiger partial charge in [-0.3, -0.25) is 0 Å². The van der Waals surface area contributed by atoms with E-state index in [4.69, 9.17) is 5.73 Å². The normalized spacial score (nSPS) is 11.6. The van der Waals surface area contributed by atoms with Crippen LogP contribution in [0.5, 0.6) is 0 Å². The maximum absolute atomic E-state index is 10.9. The van der Waals surface area contributed by atoms with E-state index in [1.165, 1.54) is 18.0 Å². The van der Waals surface area contributed by atoms with Crippen molar-refractivity contribution in [2.75, 3.05) is 23.5 Å². The van der Waals surface area contributed by atoms with E-state index in [2.05, 4.69) is 0 Å². The molecule has 0 spiro atoms. The standard InChI is InChI=1S/C10H15NO2S2/c1-8-3-4-10(9(11)7-8)14-5-6-15(2,12)13/h3-4,7H,5-6,11H2,1-2H3. The smallest absolute Gasteiger partial charge is 0.148 e. The van der Waals surface area contributed by atoms with Crippen molar-refractivity contribution in [3.63, 3.8) is 0 Å². The van der Waals surface area contributed by atoms with Crippen molar-refractivity contribution in [3.8, 4) is 0 Å². The second kappa shape index (κ2) is 4.90. The lowest BCUT2D eigenvalue weighted by molar-refractivity contribution is 0.603. The Morgan fingerprint density at radius 3 is 2.60 bits per heavy atom. The average Bonchev–Trinajstić information content (AvgIpc) is 2.07. The third-order valence-electron chi connectivity index (χ3n) is 1.88. The van der Waals surface area contributed by atoms with E-state index in [1.54, 1.807) is 0 Å². The average molecular weight is 245 g/mol. The van der Waals surface area contributed by atoms with Crippen molar-refractivity contribution < 1.29 is 8.42 Å². The van der Waals surface area contributed by atoms with Gasteiger partial charge < -0.3 is 5.73 Å². The van der Waals surface area contributed by atoms with Crippen molar-refractivity contribution in [2.45, 2.75) is 11.8 Å². The molecule has 1 aromatic rings. The number of nitrogens with two attached hydrogens (primary N) is 1. The number of rotatable bonds is 4. The van der Waals surface area contributed by atoms with Gasteiger partial charge in [0.1, 0.15) is 9.84 Å². The quantitative estimate of drug-likeness (QED) is 0.648. The molecule has 0 heterocycles. The van der Waals surface area contributed by atoms with Crippen LogP contribution in [0.25, 0.3) is 0 Å². The van der Waals surface area contributed by atoms with Gasteiger partial charge in [0, 0.05) is 22.6 Å². The van der Waals surface area contributed by atoms with E-state index < -0.39 is 9.84 Å². The second-order valence-electron chi connectivity index (χ2n) is 3.52. The molecular formula is C10H15NO2S2. The lowest BCUT2D eigenvalue weighted by Crippen LogP contribution is -2.05. The molecule has 0 aromatic heterocycles. The Morgan fingerprint density at radius 2 is 2.07 bits per heavy atom. The summed E-state index contributed by atoms with van der Waals surface area (Å²) in [6.45, 7) is 1.97. The largest absolute Gasteiger partial charge is 0.398 e. The van der Waals surface area contributed by atoms with Crippen LogP contribution in [0.4, 0.5) is 5.69 Å². The minimum Gasteiger partial charge on any atom is -0.398 e. The number of hydrogen-bond acceptors (Lipinski definition) is 4. The molecule has 0 amide bonds. The summed E-state index contributed by atoms with van der Waals surface area (Å²) in [5.74, 6) is 0.733. The van der Waals surface area contributed by atoms with Crippen molar-refractivity contribution >= 4 is 27.3 Å². The highest BCUT2D eigenvalue weighted by atomic mass is 32.2. The van der Waals surface area contributed by atoms with Crippen molar-refractivity contribution in [1.82, 2.24) is 0 Å². The second-order valence-corrected chi connectivity index (χ2v) is 6.92. The van der Waals surface area contributed by atoms with Gasteiger partial charge in [0.05, 0.1) is 5.75 Å². The zero-order chi connectivity index (χ0) is 11.5. The fraction of sp³-hybridized carbons (Fsp3) is 0.400. The SMILES string of the molecule is Cc1ccc(SCCS(C)(=O)=O)c(N)c1. The van der Waals surface area contributed by atoms with Gasteiger partial charge in [-0.2, -0.15) is 0 Å². The summed E-state index contributed by atoms with van der Waals surface area (Å²) in [4.78, 5) is 0.948. The fourth-order valence-electron chi connectivity index (χ4n) is 1.10. The molecule has 1 rings (SSSR count). The van der Waals surface area contributed by atoms with Crippen LogP contribution in [-0.2, 0) is 9.84 Å². The van der Waals surface area contributed by atoms with E-state index in [9.17, 15) is 8.42 Å². The minimum atomic E-state index is -2.88. The first kappa shape index (κ1) is 12.4. The summed E-state index contributed by atoms with van der Waals surface area (Å²) < 4.78 is 21.8. The Labute approximate surface area is 95.0 Å². The van der Waals surface area contributed by atoms with Gasteiger partial charge in [-0.1, -0.05) is 6.07 Å². The van der Waals surface area contributed by atoms with Gasteiger partial charge in [0.25, 0.3) is 0 Å². The Hall–Kier alpha value is -0.680. The lowest BCUT2D eigenvalue weighted by atomic mass is 10.2. The summed E-state index contributed by atoms with van der Waals surface area (Å²) in [5.41, 5.74) is 7.63. The summed E-state index contributed by atoms with van der Waals surface area (Å²) in [6.07, 6.45) is 1.24. The molecule has 0 saturated heterocycles. The Morgan fingerprint density at radius 1 is 1.40 bits per heavy atom. The molecule has 0 fully saturated rings. The maximum Gasteiger partial charge on any atom is 0.148 e. The number of sulfone groups is 1. The molecule has 2 N–H and O–H groups in total. The summed E-state index contributed by atoms with van der Waals surface area (Å²) in [6, 6.07) is 5.79. The topological polar surface area (TPSA) is 60.2 Å². The first-order valence-electron chi connectivity index (χ1n) is 4.55. The van der Waals surface area contributed by atoms with Crippen molar-refractivity contribution in [2.24, 2.45) is 0 Å². The van der Waals surface area contributed by atoms with E-state index >= 15 is 0 Å². The number of thioether (sulfide) groups is 1. The van der Waals surface area contributed by atoms with Crippen LogP contribution < -0.4 is 5.73 Å². The van der Waals surface area contributed by atoms with Crippen LogP contribution in [0.2, 0.25) is 0 Å². The fourth-order valence-corrected chi connectivity index (χ4v) is 3.26. The molecule has 84 valence electrons. The maximum atomic E-state index is 10.9. The van der Waals surface area contributed by atoms with Gasteiger partial charge in [0.15, 0.2) is 0 Å².